The van der Waals surface area contributed by atoms with Gasteiger partial charge >= 0.3 is 0 Å². The third-order valence-electron chi connectivity index (χ3n) is 4.75. The van der Waals surface area contributed by atoms with Crippen LogP contribution >= 0.6 is 0 Å². The number of nitrogens with zero attached hydrogens (tertiary/aromatic N) is 5. The topological polar surface area (TPSA) is 65.2 Å². The first-order chi connectivity index (χ1) is 13.2. The number of nitriles is 1. The third kappa shape index (κ3) is 3.73. The maximum Gasteiger partial charge on any atom is 0.241 e. The Bertz CT molecular complexity index is 955. The standard InChI is InChI=1S/C21H19N5O/c22-13-17-1-7-20(8-2-17)26-12-11-24(15-21(26)27)14-18-3-5-19(6-4-18)25-10-9-23-16-25/h1-10,16H,11-12,14-15H2. The number of piperazine rings is 1. The molecule has 0 aliphatic carbocycles. The van der Waals surface area contributed by atoms with Crippen molar-refractivity contribution in [1.29, 1.82) is 5.26 Å². The summed E-state index contributed by atoms with van der Waals surface area (Å²) in [4.78, 5) is 20.6. The molecule has 0 N–H and O–H groups in total. The first-order valence-electron chi connectivity index (χ1n) is 8.83. The highest BCUT2D eigenvalue weighted by Crippen LogP contribution is 2.19. The van der Waals surface area contributed by atoms with Gasteiger partial charge in [-0.15, -0.1) is 0 Å². The van der Waals surface area contributed by atoms with E-state index in [0.29, 0.717) is 18.7 Å². The highest BCUT2D eigenvalue weighted by molar-refractivity contribution is 5.95. The van der Waals surface area contributed by atoms with E-state index in [0.717, 1.165) is 24.5 Å². The van der Waals surface area contributed by atoms with E-state index in [4.69, 9.17) is 5.26 Å². The summed E-state index contributed by atoms with van der Waals surface area (Å²) in [6.07, 6.45) is 5.44. The molecule has 4 rings (SSSR count). The fourth-order valence-corrected chi connectivity index (χ4v) is 3.29. The minimum Gasteiger partial charge on any atom is -0.310 e. The second-order valence-electron chi connectivity index (χ2n) is 6.55. The predicted molar refractivity (Wildman–Crippen MR) is 102 cm³/mol. The molecule has 0 radical (unpaired) electrons. The lowest BCUT2D eigenvalue weighted by Crippen LogP contribution is -2.50. The summed E-state index contributed by atoms with van der Waals surface area (Å²) in [7, 11) is 0. The van der Waals surface area contributed by atoms with Crippen LogP contribution in [0.25, 0.3) is 5.69 Å². The highest BCUT2D eigenvalue weighted by Gasteiger charge is 2.25. The summed E-state index contributed by atoms with van der Waals surface area (Å²) in [5, 5.41) is 8.89. The van der Waals surface area contributed by atoms with Crippen molar-refractivity contribution in [3.05, 3.63) is 78.4 Å². The van der Waals surface area contributed by atoms with Crippen LogP contribution in [0, 0.1) is 11.3 Å². The average molecular weight is 357 g/mol. The van der Waals surface area contributed by atoms with Gasteiger partial charge in [0.2, 0.25) is 5.91 Å². The number of carbonyl (C=O) groups is 1. The molecule has 6 nitrogen and oxygen atoms in total. The average Bonchev–Trinajstić information content (AvgIpc) is 3.24. The van der Waals surface area contributed by atoms with Crippen molar-refractivity contribution in [2.75, 3.05) is 24.5 Å². The Morgan fingerprint density at radius 3 is 2.37 bits per heavy atom. The quantitative estimate of drug-likeness (QED) is 0.720. The summed E-state index contributed by atoms with van der Waals surface area (Å²) in [5.41, 5.74) is 3.70. The number of hydrogen-bond donors (Lipinski definition) is 0. The van der Waals surface area contributed by atoms with Gasteiger partial charge < -0.3 is 9.47 Å². The first-order valence-corrected chi connectivity index (χ1v) is 8.83. The van der Waals surface area contributed by atoms with E-state index < -0.39 is 0 Å². The molecule has 2 aromatic carbocycles. The van der Waals surface area contributed by atoms with Crippen molar-refractivity contribution >= 4 is 11.6 Å². The van der Waals surface area contributed by atoms with E-state index in [1.165, 1.54) is 5.56 Å². The molecule has 27 heavy (non-hydrogen) atoms. The Morgan fingerprint density at radius 2 is 1.74 bits per heavy atom. The molecule has 1 saturated heterocycles. The van der Waals surface area contributed by atoms with Gasteiger partial charge in [0.25, 0.3) is 0 Å². The third-order valence-corrected chi connectivity index (χ3v) is 4.75. The van der Waals surface area contributed by atoms with Crippen molar-refractivity contribution in [2.45, 2.75) is 6.54 Å². The molecule has 1 aliphatic rings. The molecule has 1 amide bonds. The van der Waals surface area contributed by atoms with E-state index in [1.54, 1.807) is 29.6 Å². The number of hydrogen-bond acceptors (Lipinski definition) is 4. The smallest absolute Gasteiger partial charge is 0.241 e. The summed E-state index contributed by atoms with van der Waals surface area (Å²) in [6.45, 7) is 2.60. The van der Waals surface area contributed by atoms with Crippen LogP contribution in [-0.4, -0.2) is 40.0 Å². The minimum atomic E-state index is 0.0843. The Balaban J connectivity index is 1.38. The number of carbonyl (C=O) groups excluding carboxylic acids is 1. The van der Waals surface area contributed by atoms with Crippen LogP contribution in [0.15, 0.2) is 67.3 Å². The van der Waals surface area contributed by atoms with Gasteiger partial charge in [-0.05, 0) is 42.0 Å². The summed E-state index contributed by atoms with van der Waals surface area (Å²) < 4.78 is 1.96. The maximum atomic E-state index is 12.6. The Kier molecular flexibility index (Phi) is 4.69. The van der Waals surface area contributed by atoms with Gasteiger partial charge in [0, 0.05) is 43.4 Å². The molecular formula is C21H19N5O. The molecule has 2 heterocycles. The van der Waals surface area contributed by atoms with Crippen molar-refractivity contribution < 1.29 is 4.79 Å². The lowest BCUT2D eigenvalue weighted by atomic mass is 10.1. The summed E-state index contributed by atoms with van der Waals surface area (Å²) in [5.74, 6) is 0.0843. The van der Waals surface area contributed by atoms with E-state index in [9.17, 15) is 4.79 Å². The van der Waals surface area contributed by atoms with Crippen LogP contribution in [0.3, 0.4) is 0 Å². The van der Waals surface area contributed by atoms with Gasteiger partial charge in [-0.2, -0.15) is 5.26 Å². The zero-order valence-corrected chi connectivity index (χ0v) is 14.8. The van der Waals surface area contributed by atoms with Gasteiger partial charge in [0.15, 0.2) is 0 Å². The number of aromatic nitrogens is 2. The maximum absolute atomic E-state index is 12.6. The highest BCUT2D eigenvalue weighted by atomic mass is 16.2. The molecule has 0 bridgehead atoms. The number of amides is 1. The largest absolute Gasteiger partial charge is 0.310 e. The van der Waals surface area contributed by atoms with Crippen molar-refractivity contribution in [3.63, 3.8) is 0 Å². The monoisotopic (exact) mass is 357 g/mol. The van der Waals surface area contributed by atoms with Gasteiger partial charge in [0.1, 0.15) is 0 Å². The van der Waals surface area contributed by atoms with Crippen LogP contribution in [0.4, 0.5) is 5.69 Å². The normalized spacial score (nSPS) is 14.9. The second-order valence-corrected chi connectivity index (χ2v) is 6.55. The fraction of sp³-hybridized carbons (Fsp3) is 0.190. The first kappa shape index (κ1) is 17.0. The van der Waals surface area contributed by atoms with Crippen LogP contribution < -0.4 is 4.90 Å². The van der Waals surface area contributed by atoms with Crippen molar-refractivity contribution in [3.8, 4) is 11.8 Å². The Hall–Kier alpha value is -3.43. The molecule has 0 unspecified atom stereocenters. The molecular weight excluding hydrogens is 338 g/mol. The number of imidazole rings is 1. The number of benzene rings is 2. The molecule has 0 atom stereocenters. The second kappa shape index (κ2) is 7.44. The molecule has 134 valence electrons. The summed E-state index contributed by atoms with van der Waals surface area (Å²) >= 11 is 0. The van der Waals surface area contributed by atoms with Gasteiger partial charge in [-0.1, -0.05) is 12.1 Å². The predicted octanol–water partition coefficient (Wildman–Crippen LogP) is 2.59. The van der Waals surface area contributed by atoms with E-state index >= 15 is 0 Å². The Morgan fingerprint density at radius 1 is 1.00 bits per heavy atom. The lowest BCUT2D eigenvalue weighted by molar-refractivity contribution is -0.121. The van der Waals surface area contributed by atoms with E-state index in [2.05, 4.69) is 40.2 Å². The van der Waals surface area contributed by atoms with Gasteiger partial charge in [0.05, 0.1) is 24.5 Å². The number of anilines is 1. The zero-order valence-electron chi connectivity index (χ0n) is 14.8. The molecule has 1 fully saturated rings. The molecule has 0 spiro atoms. The van der Waals surface area contributed by atoms with E-state index in [-0.39, 0.29) is 5.91 Å². The van der Waals surface area contributed by atoms with Crippen molar-refractivity contribution in [1.82, 2.24) is 14.5 Å². The van der Waals surface area contributed by atoms with Crippen molar-refractivity contribution in [2.24, 2.45) is 0 Å². The van der Waals surface area contributed by atoms with Crippen LogP contribution in [0.2, 0.25) is 0 Å². The minimum absolute atomic E-state index is 0.0843. The molecule has 3 aromatic rings. The number of rotatable bonds is 4. The van der Waals surface area contributed by atoms with Crippen LogP contribution in [-0.2, 0) is 11.3 Å². The molecule has 6 heteroatoms. The summed E-state index contributed by atoms with van der Waals surface area (Å²) in [6, 6.07) is 17.6. The van der Waals surface area contributed by atoms with Crippen LogP contribution in [0.5, 0.6) is 0 Å². The van der Waals surface area contributed by atoms with Gasteiger partial charge in [-0.25, -0.2) is 4.98 Å². The molecule has 0 saturated carbocycles. The zero-order chi connectivity index (χ0) is 18.6. The molecule has 1 aliphatic heterocycles. The van der Waals surface area contributed by atoms with Crippen LogP contribution in [0.1, 0.15) is 11.1 Å². The lowest BCUT2D eigenvalue weighted by Gasteiger charge is -2.34. The van der Waals surface area contributed by atoms with Gasteiger partial charge in [-0.3, -0.25) is 9.69 Å². The molecule has 1 aromatic heterocycles. The fourth-order valence-electron chi connectivity index (χ4n) is 3.29. The Labute approximate surface area is 157 Å². The SMILES string of the molecule is N#Cc1ccc(N2CCN(Cc3ccc(-n4ccnc4)cc3)CC2=O)cc1. The van der Waals surface area contributed by atoms with E-state index in [1.807, 2.05) is 22.9 Å².